The van der Waals surface area contributed by atoms with Crippen LogP contribution in [0, 0.1) is 10.1 Å². The Morgan fingerprint density at radius 3 is 2.24 bits per heavy atom. The molecule has 29 heavy (non-hydrogen) atoms. The summed E-state index contributed by atoms with van der Waals surface area (Å²) in [4.78, 5) is 28.2. The molecule has 154 valence electrons. The summed E-state index contributed by atoms with van der Waals surface area (Å²) in [6.45, 7) is 0.917. The third-order valence-electron chi connectivity index (χ3n) is 4.09. The van der Waals surface area contributed by atoms with Gasteiger partial charge in [0.2, 0.25) is 5.91 Å². The number of nitrogens with one attached hydrogen (secondary N) is 2. The first kappa shape index (κ1) is 21.7. The zero-order valence-electron chi connectivity index (χ0n) is 16.7. The van der Waals surface area contributed by atoms with E-state index in [0.29, 0.717) is 19.0 Å². The molecule has 2 N–H and O–H groups in total. The number of benzene rings is 2. The second-order valence-electron chi connectivity index (χ2n) is 6.43. The van der Waals surface area contributed by atoms with Crippen LogP contribution in [0.5, 0.6) is 5.75 Å². The highest BCUT2D eigenvalue weighted by molar-refractivity contribution is 5.86. The van der Waals surface area contributed by atoms with Crippen LogP contribution < -0.4 is 15.4 Å². The Bertz CT molecular complexity index is 848. The van der Waals surface area contributed by atoms with Crippen molar-refractivity contribution in [1.29, 1.82) is 0 Å². The molecule has 0 fully saturated rings. The largest absolute Gasteiger partial charge is 0.497 e. The van der Waals surface area contributed by atoms with Crippen LogP contribution in [0.4, 0.5) is 5.69 Å². The van der Waals surface area contributed by atoms with Crippen LogP contribution in [0.15, 0.2) is 53.5 Å². The lowest BCUT2D eigenvalue weighted by Gasteiger charge is -2.15. The van der Waals surface area contributed by atoms with Gasteiger partial charge in [-0.1, -0.05) is 24.3 Å². The van der Waals surface area contributed by atoms with Crippen molar-refractivity contribution in [2.45, 2.75) is 13.1 Å². The van der Waals surface area contributed by atoms with E-state index in [4.69, 9.17) is 4.74 Å². The van der Waals surface area contributed by atoms with Crippen molar-refractivity contribution >= 4 is 17.6 Å². The van der Waals surface area contributed by atoms with Gasteiger partial charge in [-0.2, -0.15) is 0 Å². The number of methoxy groups -OCH3 is 1. The molecule has 0 spiro atoms. The molecule has 0 aliphatic carbocycles. The second kappa shape index (κ2) is 10.6. The summed E-state index contributed by atoms with van der Waals surface area (Å²) in [5.41, 5.74) is 1.88. The number of amides is 1. The summed E-state index contributed by atoms with van der Waals surface area (Å²) < 4.78 is 5.15. The van der Waals surface area contributed by atoms with Gasteiger partial charge >= 0.3 is 0 Å². The summed E-state index contributed by atoms with van der Waals surface area (Å²) in [6.07, 6.45) is 0. The molecule has 0 aromatic heterocycles. The number of rotatable bonds is 8. The molecule has 0 atom stereocenters. The van der Waals surface area contributed by atoms with Crippen LogP contribution in [0.1, 0.15) is 11.1 Å². The minimum Gasteiger partial charge on any atom is -0.497 e. The molecular weight excluding hydrogens is 374 g/mol. The van der Waals surface area contributed by atoms with E-state index in [9.17, 15) is 14.9 Å². The van der Waals surface area contributed by atoms with Crippen LogP contribution in [0.2, 0.25) is 0 Å². The molecule has 9 nitrogen and oxygen atoms in total. The third-order valence-corrected chi connectivity index (χ3v) is 4.09. The lowest BCUT2D eigenvalue weighted by atomic mass is 10.2. The fraction of sp³-hybridized carbons (Fsp3) is 0.300. The molecule has 0 radical (unpaired) electrons. The highest BCUT2D eigenvalue weighted by Gasteiger charge is 2.07. The summed E-state index contributed by atoms with van der Waals surface area (Å²) >= 11 is 0. The Labute approximate surface area is 169 Å². The van der Waals surface area contributed by atoms with Crippen LogP contribution in [0.25, 0.3) is 0 Å². The molecule has 0 aliphatic rings. The van der Waals surface area contributed by atoms with Crippen LogP contribution >= 0.6 is 0 Å². The Morgan fingerprint density at radius 1 is 1.07 bits per heavy atom. The third kappa shape index (κ3) is 7.13. The predicted molar refractivity (Wildman–Crippen MR) is 111 cm³/mol. The normalized spacial score (nSPS) is 10.9. The first-order valence-corrected chi connectivity index (χ1v) is 8.97. The van der Waals surface area contributed by atoms with E-state index in [1.165, 1.54) is 17.0 Å². The number of nitro benzene ring substituents is 1. The van der Waals surface area contributed by atoms with Gasteiger partial charge in [0.25, 0.3) is 5.69 Å². The molecular formula is C20H25N5O4. The van der Waals surface area contributed by atoms with Crippen LogP contribution in [-0.2, 0) is 17.9 Å². The van der Waals surface area contributed by atoms with E-state index in [0.717, 1.165) is 16.9 Å². The minimum absolute atomic E-state index is 0.0388. The van der Waals surface area contributed by atoms with Gasteiger partial charge < -0.3 is 20.3 Å². The number of nitrogens with zero attached hydrogens (tertiary/aromatic N) is 3. The molecule has 2 aromatic rings. The molecule has 0 aliphatic heterocycles. The van der Waals surface area contributed by atoms with Crippen molar-refractivity contribution in [3.05, 3.63) is 69.8 Å². The van der Waals surface area contributed by atoms with Crippen molar-refractivity contribution in [3.63, 3.8) is 0 Å². The average Bonchev–Trinajstić information content (AvgIpc) is 2.73. The Hall–Kier alpha value is -3.62. The number of aliphatic imine (C=N–C) groups is 1. The van der Waals surface area contributed by atoms with Crippen molar-refractivity contribution in [1.82, 2.24) is 15.5 Å². The van der Waals surface area contributed by atoms with Crippen molar-refractivity contribution < 1.29 is 14.5 Å². The maximum absolute atomic E-state index is 11.9. The van der Waals surface area contributed by atoms with E-state index in [1.54, 1.807) is 33.3 Å². The van der Waals surface area contributed by atoms with Crippen molar-refractivity contribution in [2.24, 2.45) is 4.99 Å². The average molecular weight is 399 g/mol. The lowest BCUT2D eigenvalue weighted by Crippen LogP contribution is -2.42. The molecule has 1 amide bonds. The van der Waals surface area contributed by atoms with Gasteiger partial charge in [0.15, 0.2) is 5.96 Å². The number of non-ortho nitro benzene ring substituents is 1. The zero-order valence-corrected chi connectivity index (χ0v) is 16.7. The summed E-state index contributed by atoms with van der Waals surface area (Å²) in [5.74, 6) is 1.15. The van der Waals surface area contributed by atoms with Gasteiger partial charge in [-0.25, -0.2) is 4.99 Å². The number of carbonyl (C=O) groups excluding carboxylic acids is 1. The van der Waals surface area contributed by atoms with Gasteiger partial charge in [0.05, 0.1) is 25.1 Å². The van der Waals surface area contributed by atoms with Crippen LogP contribution in [0.3, 0.4) is 0 Å². The second-order valence-corrected chi connectivity index (χ2v) is 6.43. The van der Waals surface area contributed by atoms with E-state index >= 15 is 0 Å². The molecule has 0 bridgehead atoms. The molecule has 0 unspecified atom stereocenters. The zero-order chi connectivity index (χ0) is 21.2. The predicted octanol–water partition coefficient (Wildman–Crippen LogP) is 1.93. The van der Waals surface area contributed by atoms with Crippen LogP contribution in [-0.4, -0.2) is 49.4 Å². The van der Waals surface area contributed by atoms with Crippen molar-refractivity contribution in [2.75, 3.05) is 27.7 Å². The standard InChI is InChI=1S/C20H25N5O4/c1-24(2)19(26)14-23-20(22-13-16-6-10-18(29-3)11-7-16)21-12-15-4-8-17(9-5-15)25(27)28/h4-11H,12-14H2,1-3H3,(H2,21,22,23). The van der Waals surface area contributed by atoms with E-state index in [2.05, 4.69) is 15.6 Å². The maximum atomic E-state index is 11.9. The number of nitro groups is 1. The first-order valence-electron chi connectivity index (χ1n) is 8.97. The number of likely N-dealkylation sites (N-methyl/N-ethyl adjacent to an activating group) is 1. The summed E-state index contributed by atoms with van der Waals surface area (Å²) in [7, 11) is 4.98. The number of hydrogen-bond donors (Lipinski definition) is 2. The monoisotopic (exact) mass is 399 g/mol. The molecule has 2 rings (SSSR count). The number of hydrogen-bond acceptors (Lipinski definition) is 5. The van der Waals surface area contributed by atoms with E-state index < -0.39 is 4.92 Å². The highest BCUT2D eigenvalue weighted by atomic mass is 16.6. The molecule has 0 heterocycles. The fourth-order valence-electron chi connectivity index (χ4n) is 2.31. The SMILES string of the molecule is COc1ccc(CN=C(NCC(=O)N(C)C)NCc2ccc([N+](=O)[O-])cc2)cc1. The summed E-state index contributed by atoms with van der Waals surface area (Å²) in [5, 5.41) is 16.9. The Balaban J connectivity index is 2.04. The van der Waals surface area contributed by atoms with Gasteiger partial charge in [-0.15, -0.1) is 0 Å². The van der Waals surface area contributed by atoms with Gasteiger partial charge in [0, 0.05) is 32.8 Å². The highest BCUT2D eigenvalue weighted by Crippen LogP contribution is 2.13. The van der Waals surface area contributed by atoms with E-state index in [-0.39, 0.29) is 18.1 Å². The number of carbonyl (C=O) groups is 1. The van der Waals surface area contributed by atoms with Gasteiger partial charge in [-0.3, -0.25) is 14.9 Å². The number of ether oxygens (including phenoxy) is 1. The number of guanidine groups is 1. The fourth-order valence-corrected chi connectivity index (χ4v) is 2.31. The first-order chi connectivity index (χ1) is 13.9. The van der Waals surface area contributed by atoms with E-state index in [1.807, 2.05) is 24.3 Å². The minimum atomic E-state index is -0.437. The van der Waals surface area contributed by atoms with Crippen molar-refractivity contribution in [3.8, 4) is 5.75 Å². The molecule has 0 saturated heterocycles. The Morgan fingerprint density at radius 2 is 1.69 bits per heavy atom. The Kier molecular flexibility index (Phi) is 7.96. The van der Waals surface area contributed by atoms with Gasteiger partial charge in [-0.05, 0) is 23.3 Å². The lowest BCUT2D eigenvalue weighted by molar-refractivity contribution is -0.384. The topological polar surface area (TPSA) is 109 Å². The summed E-state index contributed by atoms with van der Waals surface area (Å²) in [6, 6.07) is 13.8. The quantitative estimate of drug-likeness (QED) is 0.304. The molecule has 0 saturated carbocycles. The molecule has 2 aromatic carbocycles. The molecule has 9 heteroatoms. The smallest absolute Gasteiger partial charge is 0.269 e. The van der Waals surface area contributed by atoms with Gasteiger partial charge in [0.1, 0.15) is 5.75 Å². The maximum Gasteiger partial charge on any atom is 0.269 e.